The molecule has 1 aromatic rings. The Hall–Kier alpha value is -0.800. The minimum atomic E-state index is -2.64. The highest BCUT2D eigenvalue weighted by molar-refractivity contribution is 7.32. The van der Waals surface area contributed by atoms with Crippen LogP contribution in [-0.2, 0) is 9.09 Å². The van der Waals surface area contributed by atoms with Crippen LogP contribution in [0.4, 0.5) is 0 Å². The number of benzene rings is 1. The van der Waals surface area contributed by atoms with Crippen LogP contribution in [0, 0.1) is 0 Å². The van der Waals surface area contributed by atoms with Gasteiger partial charge in [0.25, 0.3) is 0 Å². The summed E-state index contributed by atoms with van der Waals surface area (Å²) in [5.41, 5.74) is 6.11. The topological polar surface area (TPSA) is 72.5 Å². The van der Waals surface area contributed by atoms with E-state index < -0.39 is 14.5 Å². The smallest absolute Gasteiger partial charge is 0.298 e. The zero-order valence-electron chi connectivity index (χ0n) is 6.25. The van der Waals surface area contributed by atoms with E-state index >= 15 is 0 Å². The fourth-order valence-electron chi connectivity index (χ4n) is 0.801. The predicted molar refractivity (Wildman–Crippen MR) is 44.3 cm³/mol. The van der Waals surface area contributed by atoms with Gasteiger partial charge in [-0.3, -0.25) is 5.73 Å². The molecule has 2 unspecified atom stereocenters. The van der Waals surface area contributed by atoms with Gasteiger partial charge in [-0.05, 0) is 0 Å². The van der Waals surface area contributed by atoms with Gasteiger partial charge in [0.15, 0.2) is 6.23 Å². The standard InChI is InChI=1S/C7H8NO3P/c8-7(11-12(9)10)6-4-2-1-3-5-6/h1-5,7H,8H2/p+1. The number of hydrogen-bond acceptors (Lipinski definition) is 3. The van der Waals surface area contributed by atoms with Crippen molar-refractivity contribution < 1.29 is 14.0 Å². The van der Waals surface area contributed by atoms with Crippen LogP contribution in [-0.4, -0.2) is 4.89 Å². The van der Waals surface area contributed by atoms with Crippen LogP contribution in [0.15, 0.2) is 30.3 Å². The molecular formula is C7H9NO3P+. The first-order valence-corrected chi connectivity index (χ1v) is 4.46. The fourth-order valence-corrected chi connectivity index (χ4v) is 1.12. The van der Waals surface area contributed by atoms with Gasteiger partial charge in [0, 0.05) is 10.1 Å². The Bertz CT molecular complexity index is 265. The zero-order valence-corrected chi connectivity index (χ0v) is 7.15. The molecule has 64 valence electrons. The third-order valence-corrected chi connectivity index (χ3v) is 1.74. The van der Waals surface area contributed by atoms with E-state index in [9.17, 15) is 4.57 Å². The first-order valence-electron chi connectivity index (χ1n) is 3.33. The second-order valence-corrected chi connectivity index (χ2v) is 2.86. The Morgan fingerprint density at radius 2 is 2.00 bits per heavy atom. The third kappa shape index (κ3) is 2.68. The molecule has 0 aliphatic rings. The lowest BCUT2D eigenvalue weighted by molar-refractivity contribution is 0.198. The van der Waals surface area contributed by atoms with Crippen LogP contribution in [0.2, 0.25) is 0 Å². The molecule has 2 atom stereocenters. The molecule has 0 saturated heterocycles. The highest BCUT2D eigenvalue weighted by Crippen LogP contribution is 2.24. The molecule has 0 spiro atoms. The van der Waals surface area contributed by atoms with Crippen LogP contribution in [0.25, 0.3) is 0 Å². The van der Waals surface area contributed by atoms with E-state index in [1.807, 2.05) is 6.07 Å². The Morgan fingerprint density at radius 1 is 1.42 bits per heavy atom. The maximum Gasteiger partial charge on any atom is 0.696 e. The Balaban J connectivity index is 2.65. The molecule has 1 rings (SSSR count). The summed E-state index contributed by atoms with van der Waals surface area (Å²) in [6.45, 7) is 0. The molecule has 0 aliphatic carbocycles. The van der Waals surface area contributed by atoms with Crippen LogP contribution < -0.4 is 5.73 Å². The molecule has 12 heavy (non-hydrogen) atoms. The Labute approximate surface area is 70.9 Å². The summed E-state index contributed by atoms with van der Waals surface area (Å²) in [5, 5.41) is 0. The molecule has 3 N–H and O–H groups in total. The van der Waals surface area contributed by atoms with Crippen molar-refractivity contribution in [3.05, 3.63) is 35.9 Å². The van der Waals surface area contributed by atoms with Crippen LogP contribution in [0.1, 0.15) is 11.8 Å². The van der Waals surface area contributed by atoms with Gasteiger partial charge >= 0.3 is 8.25 Å². The highest BCUT2D eigenvalue weighted by atomic mass is 31.1. The fraction of sp³-hybridized carbons (Fsp3) is 0.143. The van der Waals surface area contributed by atoms with Gasteiger partial charge in [0.05, 0.1) is 0 Å². The molecule has 0 fully saturated rings. The van der Waals surface area contributed by atoms with Gasteiger partial charge in [0.2, 0.25) is 0 Å². The summed E-state index contributed by atoms with van der Waals surface area (Å²) in [7, 11) is -2.64. The molecule has 0 amide bonds. The average molecular weight is 186 g/mol. The predicted octanol–water partition coefficient (Wildman–Crippen LogP) is 1.31. The normalized spacial score (nSPS) is 14.0. The van der Waals surface area contributed by atoms with E-state index in [-0.39, 0.29) is 0 Å². The minimum absolute atomic E-state index is 0.676. The third-order valence-electron chi connectivity index (χ3n) is 1.33. The summed E-state index contributed by atoms with van der Waals surface area (Å²) in [5.74, 6) is 0. The molecule has 5 heteroatoms. The molecule has 0 bridgehead atoms. The molecule has 0 aromatic heterocycles. The summed E-state index contributed by atoms with van der Waals surface area (Å²) >= 11 is 0. The number of hydrogen-bond donors (Lipinski definition) is 2. The van der Waals surface area contributed by atoms with Crippen molar-refractivity contribution in [3.8, 4) is 0 Å². The highest BCUT2D eigenvalue weighted by Gasteiger charge is 2.20. The van der Waals surface area contributed by atoms with Gasteiger partial charge in [-0.15, -0.1) is 4.89 Å². The van der Waals surface area contributed by atoms with Crippen molar-refractivity contribution in [3.63, 3.8) is 0 Å². The van der Waals surface area contributed by atoms with Crippen LogP contribution >= 0.6 is 8.25 Å². The summed E-state index contributed by atoms with van der Waals surface area (Å²) < 4.78 is 14.7. The quantitative estimate of drug-likeness (QED) is 0.551. The molecule has 0 radical (unpaired) electrons. The van der Waals surface area contributed by atoms with Crippen molar-refractivity contribution in [1.82, 2.24) is 0 Å². The number of nitrogens with two attached hydrogens (primary N) is 1. The summed E-state index contributed by atoms with van der Waals surface area (Å²) in [6, 6.07) is 8.84. The van der Waals surface area contributed by atoms with E-state index in [4.69, 9.17) is 10.6 Å². The zero-order chi connectivity index (χ0) is 8.97. The van der Waals surface area contributed by atoms with E-state index in [1.165, 1.54) is 0 Å². The largest absolute Gasteiger partial charge is 0.696 e. The maximum absolute atomic E-state index is 10.2. The van der Waals surface area contributed by atoms with Crippen molar-refractivity contribution >= 4 is 8.25 Å². The lowest BCUT2D eigenvalue weighted by Gasteiger charge is -2.02. The van der Waals surface area contributed by atoms with Gasteiger partial charge in [0.1, 0.15) is 0 Å². The SMILES string of the molecule is NC(O[P+](=O)O)c1ccccc1. The molecule has 0 heterocycles. The minimum Gasteiger partial charge on any atom is -0.298 e. The van der Waals surface area contributed by atoms with E-state index in [0.717, 1.165) is 0 Å². The lowest BCUT2D eigenvalue weighted by Crippen LogP contribution is -2.10. The summed E-state index contributed by atoms with van der Waals surface area (Å²) in [4.78, 5) is 8.39. The van der Waals surface area contributed by atoms with Crippen molar-refractivity contribution in [2.24, 2.45) is 5.73 Å². The van der Waals surface area contributed by atoms with Crippen molar-refractivity contribution in [2.45, 2.75) is 6.23 Å². The molecule has 1 aromatic carbocycles. The second-order valence-electron chi connectivity index (χ2n) is 2.17. The maximum atomic E-state index is 10.2. The molecule has 0 saturated carbocycles. The Kier molecular flexibility index (Phi) is 3.31. The second kappa shape index (κ2) is 4.28. The first kappa shape index (κ1) is 9.29. The van der Waals surface area contributed by atoms with Gasteiger partial charge in [-0.25, -0.2) is 0 Å². The molecular weight excluding hydrogens is 177 g/mol. The monoisotopic (exact) mass is 186 g/mol. The number of rotatable bonds is 3. The Morgan fingerprint density at radius 3 is 2.50 bits per heavy atom. The first-order chi connectivity index (χ1) is 5.70. The van der Waals surface area contributed by atoms with Gasteiger partial charge in [-0.2, -0.15) is 0 Å². The summed E-state index contributed by atoms with van der Waals surface area (Å²) in [6.07, 6.45) is -0.834. The van der Waals surface area contributed by atoms with E-state index in [0.29, 0.717) is 5.56 Å². The van der Waals surface area contributed by atoms with Crippen LogP contribution in [0.3, 0.4) is 0 Å². The van der Waals surface area contributed by atoms with E-state index in [2.05, 4.69) is 4.52 Å². The van der Waals surface area contributed by atoms with Gasteiger partial charge < -0.3 is 0 Å². The molecule has 0 aliphatic heterocycles. The average Bonchev–Trinajstić information content (AvgIpc) is 2.05. The van der Waals surface area contributed by atoms with Gasteiger partial charge in [-0.1, -0.05) is 34.9 Å². The lowest BCUT2D eigenvalue weighted by atomic mass is 10.2. The van der Waals surface area contributed by atoms with Crippen molar-refractivity contribution in [2.75, 3.05) is 0 Å². The van der Waals surface area contributed by atoms with Crippen molar-refractivity contribution in [1.29, 1.82) is 0 Å². The van der Waals surface area contributed by atoms with Crippen LogP contribution in [0.5, 0.6) is 0 Å². The molecule has 4 nitrogen and oxygen atoms in total. The van der Waals surface area contributed by atoms with E-state index in [1.54, 1.807) is 24.3 Å².